The van der Waals surface area contributed by atoms with E-state index >= 15 is 0 Å². The maximum atomic E-state index is 8.67. The number of rotatable bonds is 3. The van der Waals surface area contributed by atoms with Gasteiger partial charge in [0, 0.05) is 13.6 Å². The highest BCUT2D eigenvalue weighted by atomic mass is 16.7. The SMILES string of the molecule is CON(C)CC1(C#N)CC1. The second kappa shape index (κ2) is 2.57. The third-order valence-electron chi connectivity index (χ3n) is 1.93. The average molecular weight is 140 g/mol. The highest BCUT2D eigenvalue weighted by Gasteiger charge is 2.44. The molecule has 0 atom stereocenters. The zero-order chi connectivity index (χ0) is 7.61. The normalized spacial score (nSPS) is 20.6. The van der Waals surface area contributed by atoms with Crippen LogP contribution in [0.1, 0.15) is 12.8 Å². The quantitative estimate of drug-likeness (QED) is 0.543. The Hall–Kier alpha value is -0.590. The molecule has 3 heteroatoms. The van der Waals surface area contributed by atoms with Gasteiger partial charge >= 0.3 is 0 Å². The number of nitriles is 1. The van der Waals surface area contributed by atoms with E-state index in [0.717, 1.165) is 19.4 Å². The first-order valence-corrected chi connectivity index (χ1v) is 3.39. The van der Waals surface area contributed by atoms with Crippen molar-refractivity contribution in [2.45, 2.75) is 12.8 Å². The van der Waals surface area contributed by atoms with Crippen LogP contribution in [0.2, 0.25) is 0 Å². The van der Waals surface area contributed by atoms with Crippen molar-refractivity contribution in [1.82, 2.24) is 5.06 Å². The van der Waals surface area contributed by atoms with Gasteiger partial charge in [-0.3, -0.25) is 0 Å². The molecule has 0 aromatic heterocycles. The highest BCUT2D eigenvalue weighted by molar-refractivity contribution is 5.10. The second-order valence-electron chi connectivity index (χ2n) is 2.86. The van der Waals surface area contributed by atoms with Crippen LogP contribution in [0, 0.1) is 16.7 Å². The summed E-state index contributed by atoms with van der Waals surface area (Å²) >= 11 is 0. The van der Waals surface area contributed by atoms with Crippen molar-refractivity contribution >= 4 is 0 Å². The van der Waals surface area contributed by atoms with Crippen LogP contribution < -0.4 is 0 Å². The van der Waals surface area contributed by atoms with E-state index in [9.17, 15) is 0 Å². The molecule has 0 amide bonds. The highest BCUT2D eigenvalue weighted by Crippen LogP contribution is 2.45. The summed E-state index contributed by atoms with van der Waals surface area (Å²) in [5.41, 5.74) is -0.0786. The van der Waals surface area contributed by atoms with Crippen LogP contribution in [-0.4, -0.2) is 25.8 Å². The van der Waals surface area contributed by atoms with Gasteiger partial charge in [-0.25, -0.2) is 0 Å². The summed E-state index contributed by atoms with van der Waals surface area (Å²) in [6.45, 7) is 0.736. The minimum atomic E-state index is -0.0786. The molecule has 0 N–H and O–H groups in total. The van der Waals surface area contributed by atoms with Crippen molar-refractivity contribution in [3.8, 4) is 6.07 Å². The summed E-state index contributed by atoms with van der Waals surface area (Å²) < 4.78 is 0. The molecule has 56 valence electrons. The van der Waals surface area contributed by atoms with E-state index in [1.165, 1.54) is 0 Å². The topological polar surface area (TPSA) is 36.3 Å². The third-order valence-corrected chi connectivity index (χ3v) is 1.93. The molecule has 0 unspecified atom stereocenters. The Kier molecular flexibility index (Phi) is 1.93. The standard InChI is InChI=1S/C7H12N2O/c1-9(10-2)6-7(5-8)3-4-7/h3-4,6H2,1-2H3. The van der Waals surface area contributed by atoms with E-state index in [2.05, 4.69) is 6.07 Å². The minimum absolute atomic E-state index is 0.0786. The van der Waals surface area contributed by atoms with E-state index in [1.807, 2.05) is 7.05 Å². The molecular formula is C7H12N2O. The van der Waals surface area contributed by atoms with Crippen molar-refractivity contribution in [2.24, 2.45) is 5.41 Å². The van der Waals surface area contributed by atoms with Crippen LogP contribution in [0.25, 0.3) is 0 Å². The summed E-state index contributed by atoms with van der Waals surface area (Å²) in [5.74, 6) is 0. The van der Waals surface area contributed by atoms with Crippen LogP contribution in [0.5, 0.6) is 0 Å². The molecule has 0 heterocycles. The van der Waals surface area contributed by atoms with Crippen molar-refractivity contribution in [1.29, 1.82) is 5.26 Å². The minimum Gasteiger partial charge on any atom is -0.303 e. The van der Waals surface area contributed by atoms with Gasteiger partial charge in [0.1, 0.15) is 0 Å². The van der Waals surface area contributed by atoms with Crippen molar-refractivity contribution < 1.29 is 4.84 Å². The van der Waals surface area contributed by atoms with Crippen LogP contribution in [-0.2, 0) is 4.84 Å². The predicted molar refractivity (Wildman–Crippen MR) is 36.9 cm³/mol. The molecule has 1 aliphatic rings. The first-order chi connectivity index (χ1) is 4.72. The lowest BCUT2D eigenvalue weighted by atomic mass is 10.1. The first-order valence-electron chi connectivity index (χ1n) is 3.39. The van der Waals surface area contributed by atoms with E-state index < -0.39 is 0 Å². The lowest BCUT2D eigenvalue weighted by Gasteiger charge is -2.15. The van der Waals surface area contributed by atoms with Crippen molar-refractivity contribution in [2.75, 3.05) is 20.7 Å². The largest absolute Gasteiger partial charge is 0.303 e. The van der Waals surface area contributed by atoms with Gasteiger partial charge in [0.05, 0.1) is 18.6 Å². The van der Waals surface area contributed by atoms with Gasteiger partial charge in [0.2, 0.25) is 0 Å². The molecule has 1 fully saturated rings. The van der Waals surface area contributed by atoms with Gasteiger partial charge in [0.25, 0.3) is 0 Å². The molecule has 3 nitrogen and oxygen atoms in total. The molecule has 0 spiro atoms. The lowest BCUT2D eigenvalue weighted by molar-refractivity contribution is -0.116. The summed E-state index contributed by atoms with van der Waals surface area (Å²) in [6.07, 6.45) is 2.05. The molecule has 1 rings (SSSR count). The third kappa shape index (κ3) is 1.47. The van der Waals surface area contributed by atoms with Crippen molar-refractivity contribution in [3.05, 3.63) is 0 Å². The maximum Gasteiger partial charge on any atom is 0.0725 e. The molecule has 0 aliphatic heterocycles. The summed E-state index contributed by atoms with van der Waals surface area (Å²) in [4.78, 5) is 4.91. The molecule has 10 heavy (non-hydrogen) atoms. The fourth-order valence-electron chi connectivity index (χ4n) is 0.947. The first kappa shape index (κ1) is 7.52. The van der Waals surface area contributed by atoms with Crippen LogP contribution >= 0.6 is 0 Å². The molecule has 0 radical (unpaired) electrons. The van der Waals surface area contributed by atoms with E-state index in [0.29, 0.717) is 0 Å². The zero-order valence-electron chi connectivity index (χ0n) is 6.42. The fraction of sp³-hybridized carbons (Fsp3) is 0.857. The summed E-state index contributed by atoms with van der Waals surface area (Å²) in [5, 5.41) is 10.4. The maximum absolute atomic E-state index is 8.67. The Labute approximate surface area is 61.1 Å². The van der Waals surface area contributed by atoms with Crippen LogP contribution in [0.4, 0.5) is 0 Å². The Balaban J connectivity index is 2.32. The predicted octanol–water partition coefficient (Wildman–Crippen LogP) is 0.783. The molecule has 0 bridgehead atoms. The Bertz CT molecular complexity index is 157. The fourth-order valence-corrected chi connectivity index (χ4v) is 0.947. The Morgan fingerprint density at radius 1 is 1.70 bits per heavy atom. The van der Waals surface area contributed by atoms with Gasteiger partial charge < -0.3 is 4.84 Å². The van der Waals surface area contributed by atoms with Gasteiger partial charge in [-0.2, -0.15) is 10.3 Å². The van der Waals surface area contributed by atoms with Crippen LogP contribution in [0.3, 0.4) is 0 Å². The molecule has 0 saturated heterocycles. The molecule has 1 saturated carbocycles. The number of hydrogen-bond donors (Lipinski definition) is 0. The Morgan fingerprint density at radius 3 is 2.60 bits per heavy atom. The average Bonchev–Trinajstić information content (AvgIpc) is 2.70. The van der Waals surface area contributed by atoms with Crippen molar-refractivity contribution in [3.63, 3.8) is 0 Å². The lowest BCUT2D eigenvalue weighted by Crippen LogP contribution is -2.24. The molecule has 0 aromatic carbocycles. The number of nitrogens with zero attached hydrogens (tertiary/aromatic N) is 2. The van der Waals surface area contributed by atoms with Gasteiger partial charge in [-0.1, -0.05) is 0 Å². The van der Waals surface area contributed by atoms with E-state index in [1.54, 1.807) is 12.2 Å². The molecule has 1 aliphatic carbocycles. The Morgan fingerprint density at radius 2 is 2.30 bits per heavy atom. The monoisotopic (exact) mass is 140 g/mol. The number of hydrogen-bond acceptors (Lipinski definition) is 3. The molecular weight excluding hydrogens is 128 g/mol. The zero-order valence-corrected chi connectivity index (χ0v) is 6.42. The van der Waals surface area contributed by atoms with Gasteiger partial charge in [0.15, 0.2) is 0 Å². The number of hydroxylamine groups is 2. The second-order valence-corrected chi connectivity index (χ2v) is 2.86. The van der Waals surface area contributed by atoms with Gasteiger partial charge in [-0.15, -0.1) is 0 Å². The van der Waals surface area contributed by atoms with E-state index in [4.69, 9.17) is 10.1 Å². The smallest absolute Gasteiger partial charge is 0.0725 e. The van der Waals surface area contributed by atoms with Gasteiger partial charge in [-0.05, 0) is 12.8 Å². The van der Waals surface area contributed by atoms with Crippen LogP contribution in [0.15, 0.2) is 0 Å². The summed E-state index contributed by atoms with van der Waals surface area (Å²) in [6, 6.07) is 2.30. The molecule has 0 aromatic rings. The van der Waals surface area contributed by atoms with E-state index in [-0.39, 0.29) is 5.41 Å². The summed E-state index contributed by atoms with van der Waals surface area (Å²) in [7, 11) is 3.46.